The SMILES string of the molecule is CCCCCCCC(NN)c1cccc(F)c1F. The summed E-state index contributed by atoms with van der Waals surface area (Å²) in [4.78, 5) is 0. The largest absolute Gasteiger partial charge is 0.271 e. The minimum atomic E-state index is -0.821. The third-order valence-corrected chi connectivity index (χ3v) is 3.15. The number of hydrogen-bond acceptors (Lipinski definition) is 2. The minimum absolute atomic E-state index is 0.313. The summed E-state index contributed by atoms with van der Waals surface area (Å²) in [5, 5.41) is 0. The van der Waals surface area contributed by atoms with E-state index < -0.39 is 11.6 Å². The molecule has 0 bridgehead atoms. The topological polar surface area (TPSA) is 38.0 Å². The van der Waals surface area contributed by atoms with E-state index in [4.69, 9.17) is 5.84 Å². The average Bonchev–Trinajstić information content (AvgIpc) is 2.38. The lowest BCUT2D eigenvalue weighted by Gasteiger charge is -2.17. The molecule has 1 aromatic carbocycles. The minimum Gasteiger partial charge on any atom is -0.271 e. The van der Waals surface area contributed by atoms with Gasteiger partial charge in [0.25, 0.3) is 0 Å². The molecule has 0 amide bonds. The highest BCUT2D eigenvalue weighted by atomic mass is 19.2. The van der Waals surface area contributed by atoms with Gasteiger partial charge in [0, 0.05) is 11.6 Å². The molecule has 0 aliphatic carbocycles. The lowest BCUT2D eigenvalue weighted by Crippen LogP contribution is -2.28. The lowest BCUT2D eigenvalue weighted by atomic mass is 9.99. The van der Waals surface area contributed by atoms with Crippen LogP contribution in [0.5, 0.6) is 0 Å². The van der Waals surface area contributed by atoms with E-state index in [0.717, 1.165) is 25.3 Å². The summed E-state index contributed by atoms with van der Waals surface area (Å²) in [6.07, 6.45) is 6.37. The van der Waals surface area contributed by atoms with Crippen molar-refractivity contribution in [2.45, 2.75) is 51.5 Å². The molecule has 1 aromatic rings. The second-order valence-corrected chi connectivity index (χ2v) is 4.57. The molecule has 18 heavy (non-hydrogen) atoms. The third kappa shape index (κ3) is 4.35. The van der Waals surface area contributed by atoms with E-state index in [9.17, 15) is 8.78 Å². The highest BCUT2D eigenvalue weighted by molar-refractivity contribution is 5.22. The molecule has 1 rings (SSSR count). The number of benzene rings is 1. The molecule has 0 saturated carbocycles. The van der Waals surface area contributed by atoms with Crippen LogP contribution >= 0.6 is 0 Å². The van der Waals surface area contributed by atoms with E-state index in [1.54, 1.807) is 6.07 Å². The summed E-state index contributed by atoms with van der Waals surface area (Å²) in [5.74, 6) is 3.81. The van der Waals surface area contributed by atoms with Gasteiger partial charge in [-0.3, -0.25) is 11.3 Å². The highest BCUT2D eigenvalue weighted by Crippen LogP contribution is 2.23. The molecule has 102 valence electrons. The van der Waals surface area contributed by atoms with Crippen molar-refractivity contribution in [1.82, 2.24) is 5.43 Å². The molecular weight excluding hydrogens is 234 g/mol. The number of halogens is 2. The maximum atomic E-state index is 13.6. The molecule has 4 heteroatoms. The van der Waals surface area contributed by atoms with Gasteiger partial charge in [0.1, 0.15) is 0 Å². The zero-order chi connectivity index (χ0) is 13.4. The summed E-state index contributed by atoms with van der Waals surface area (Å²) in [7, 11) is 0. The predicted octanol–water partition coefficient (Wildman–Crippen LogP) is 3.83. The zero-order valence-corrected chi connectivity index (χ0v) is 10.9. The van der Waals surface area contributed by atoms with Gasteiger partial charge in [-0.15, -0.1) is 0 Å². The molecular formula is C14H22F2N2. The van der Waals surface area contributed by atoms with Crippen LogP contribution in [0.1, 0.15) is 57.1 Å². The van der Waals surface area contributed by atoms with Crippen LogP contribution in [-0.2, 0) is 0 Å². The van der Waals surface area contributed by atoms with Gasteiger partial charge in [0.15, 0.2) is 11.6 Å². The molecule has 0 spiro atoms. The predicted molar refractivity (Wildman–Crippen MR) is 69.8 cm³/mol. The fraction of sp³-hybridized carbons (Fsp3) is 0.571. The normalized spacial score (nSPS) is 12.7. The molecule has 0 fully saturated rings. The van der Waals surface area contributed by atoms with Crippen molar-refractivity contribution in [3.63, 3.8) is 0 Å². The van der Waals surface area contributed by atoms with Crippen LogP contribution in [0.25, 0.3) is 0 Å². The van der Waals surface area contributed by atoms with Crippen molar-refractivity contribution >= 4 is 0 Å². The molecule has 2 nitrogen and oxygen atoms in total. The van der Waals surface area contributed by atoms with Gasteiger partial charge in [-0.1, -0.05) is 51.2 Å². The van der Waals surface area contributed by atoms with Crippen molar-refractivity contribution in [2.24, 2.45) is 5.84 Å². The van der Waals surface area contributed by atoms with Gasteiger partial charge in [-0.05, 0) is 12.5 Å². The number of hydrogen-bond donors (Lipinski definition) is 2. The Morgan fingerprint density at radius 2 is 1.89 bits per heavy atom. The summed E-state index contributed by atoms with van der Waals surface area (Å²) in [6, 6.07) is 3.89. The van der Waals surface area contributed by atoms with Crippen molar-refractivity contribution in [2.75, 3.05) is 0 Å². The third-order valence-electron chi connectivity index (χ3n) is 3.15. The molecule has 0 radical (unpaired) electrons. The fourth-order valence-electron chi connectivity index (χ4n) is 2.07. The smallest absolute Gasteiger partial charge is 0.163 e. The van der Waals surface area contributed by atoms with Gasteiger partial charge in [-0.2, -0.15) is 0 Å². The fourth-order valence-corrected chi connectivity index (χ4v) is 2.07. The maximum absolute atomic E-state index is 13.6. The van der Waals surface area contributed by atoms with Crippen LogP contribution in [0.2, 0.25) is 0 Å². The molecule has 0 aliphatic rings. The Balaban J connectivity index is 2.52. The van der Waals surface area contributed by atoms with Crippen molar-refractivity contribution in [3.8, 4) is 0 Å². The number of nitrogens with two attached hydrogens (primary N) is 1. The van der Waals surface area contributed by atoms with E-state index >= 15 is 0 Å². The lowest BCUT2D eigenvalue weighted by molar-refractivity contribution is 0.437. The van der Waals surface area contributed by atoms with E-state index in [1.807, 2.05) is 0 Å². The van der Waals surface area contributed by atoms with E-state index in [1.165, 1.54) is 25.3 Å². The first-order valence-corrected chi connectivity index (χ1v) is 6.60. The van der Waals surface area contributed by atoms with Crippen LogP contribution in [0, 0.1) is 11.6 Å². The molecule has 1 atom stereocenters. The second-order valence-electron chi connectivity index (χ2n) is 4.57. The quantitative estimate of drug-likeness (QED) is 0.421. The van der Waals surface area contributed by atoms with Crippen LogP contribution in [0.15, 0.2) is 18.2 Å². The number of hydrazine groups is 1. The number of rotatable bonds is 8. The summed E-state index contributed by atoms with van der Waals surface area (Å²) < 4.78 is 26.7. The van der Waals surface area contributed by atoms with Gasteiger partial charge < -0.3 is 0 Å². The first kappa shape index (κ1) is 15.1. The van der Waals surface area contributed by atoms with Crippen LogP contribution < -0.4 is 11.3 Å². The van der Waals surface area contributed by atoms with Crippen molar-refractivity contribution < 1.29 is 8.78 Å². The van der Waals surface area contributed by atoms with Crippen molar-refractivity contribution in [3.05, 3.63) is 35.4 Å². The molecule has 0 aromatic heterocycles. The first-order valence-electron chi connectivity index (χ1n) is 6.60. The summed E-state index contributed by atoms with van der Waals surface area (Å²) in [5.41, 5.74) is 2.88. The Kier molecular flexibility index (Phi) is 6.83. The second kappa shape index (κ2) is 8.16. The van der Waals surface area contributed by atoms with Gasteiger partial charge >= 0.3 is 0 Å². The van der Waals surface area contributed by atoms with Gasteiger partial charge in [-0.25, -0.2) is 8.78 Å². The van der Waals surface area contributed by atoms with E-state index in [0.29, 0.717) is 5.56 Å². The van der Waals surface area contributed by atoms with Crippen LogP contribution in [-0.4, -0.2) is 0 Å². The Morgan fingerprint density at radius 3 is 2.56 bits per heavy atom. The zero-order valence-electron chi connectivity index (χ0n) is 10.9. The number of unbranched alkanes of at least 4 members (excludes halogenated alkanes) is 4. The van der Waals surface area contributed by atoms with Gasteiger partial charge in [0.05, 0.1) is 0 Å². The van der Waals surface area contributed by atoms with Crippen LogP contribution in [0.4, 0.5) is 8.78 Å². The standard InChI is InChI=1S/C14H22F2N2/c1-2-3-4-5-6-10-13(18-17)11-8-7-9-12(15)14(11)16/h7-9,13,18H,2-6,10,17H2,1H3. The molecule has 3 N–H and O–H groups in total. The Hall–Kier alpha value is -1.00. The monoisotopic (exact) mass is 256 g/mol. The summed E-state index contributed by atoms with van der Waals surface area (Å²) in [6.45, 7) is 2.16. The average molecular weight is 256 g/mol. The van der Waals surface area contributed by atoms with Crippen LogP contribution in [0.3, 0.4) is 0 Å². The molecule has 0 saturated heterocycles. The Labute approximate surface area is 108 Å². The Morgan fingerprint density at radius 1 is 1.17 bits per heavy atom. The van der Waals surface area contributed by atoms with Gasteiger partial charge in [0.2, 0.25) is 0 Å². The molecule has 0 aliphatic heterocycles. The maximum Gasteiger partial charge on any atom is 0.163 e. The number of nitrogens with one attached hydrogen (secondary N) is 1. The molecule has 0 heterocycles. The van der Waals surface area contributed by atoms with E-state index in [-0.39, 0.29) is 6.04 Å². The summed E-state index contributed by atoms with van der Waals surface area (Å²) >= 11 is 0. The highest BCUT2D eigenvalue weighted by Gasteiger charge is 2.16. The van der Waals surface area contributed by atoms with Crippen molar-refractivity contribution in [1.29, 1.82) is 0 Å². The van der Waals surface area contributed by atoms with E-state index in [2.05, 4.69) is 12.3 Å². The first-order chi connectivity index (χ1) is 8.70. The Bertz CT molecular complexity index is 356. The molecule has 1 unspecified atom stereocenters.